The van der Waals surface area contributed by atoms with E-state index >= 15 is 0 Å². The minimum Gasteiger partial charge on any atom is -0.496 e. The van der Waals surface area contributed by atoms with Gasteiger partial charge >= 0.3 is 0 Å². The number of carbonyl (C=O) groups excluding carboxylic acids is 1. The summed E-state index contributed by atoms with van der Waals surface area (Å²) in [6.45, 7) is 3.20. The van der Waals surface area contributed by atoms with Crippen molar-refractivity contribution in [2.24, 2.45) is 0 Å². The lowest BCUT2D eigenvalue weighted by Crippen LogP contribution is -2.45. The number of likely N-dealkylation sites (N-methyl/N-ethyl adjacent to an activating group) is 1. The molecule has 2 rings (SSSR count). The van der Waals surface area contributed by atoms with Gasteiger partial charge in [0.2, 0.25) is 5.91 Å². The first-order valence-electron chi connectivity index (χ1n) is 8.50. The summed E-state index contributed by atoms with van der Waals surface area (Å²) < 4.78 is 29.0. The number of sulfone groups is 1. The summed E-state index contributed by atoms with van der Waals surface area (Å²) in [5.74, 6) is 0.868. The molecule has 0 spiro atoms. The molecule has 7 heteroatoms. The molecular weight excluding hydrogens is 340 g/mol. The van der Waals surface area contributed by atoms with Gasteiger partial charge in [0, 0.05) is 24.7 Å². The van der Waals surface area contributed by atoms with E-state index in [0.717, 1.165) is 11.1 Å². The van der Waals surface area contributed by atoms with Crippen molar-refractivity contribution in [3.63, 3.8) is 0 Å². The third-order valence-electron chi connectivity index (χ3n) is 4.54. The number of aryl methyl sites for hydroxylation is 1. The molecule has 1 atom stereocenters. The second kappa shape index (κ2) is 8.19. The Morgan fingerprint density at radius 2 is 2.00 bits per heavy atom. The van der Waals surface area contributed by atoms with Gasteiger partial charge in [-0.15, -0.1) is 0 Å². The van der Waals surface area contributed by atoms with Gasteiger partial charge in [0.05, 0.1) is 25.0 Å². The fraction of sp³-hybridized carbons (Fsp3) is 0.611. The Kier molecular flexibility index (Phi) is 6.46. The zero-order chi connectivity index (χ0) is 18.6. The predicted molar refractivity (Wildman–Crippen MR) is 98.8 cm³/mol. The van der Waals surface area contributed by atoms with Gasteiger partial charge in [-0.1, -0.05) is 17.7 Å². The number of ether oxygens (including phenoxy) is 1. The maximum absolute atomic E-state index is 13.0. The van der Waals surface area contributed by atoms with E-state index < -0.39 is 9.84 Å². The molecule has 1 amide bonds. The van der Waals surface area contributed by atoms with Crippen molar-refractivity contribution < 1.29 is 17.9 Å². The lowest BCUT2D eigenvalue weighted by atomic mass is 10.1. The third kappa shape index (κ3) is 5.44. The molecule has 0 bridgehead atoms. The number of methoxy groups -OCH3 is 1. The van der Waals surface area contributed by atoms with Gasteiger partial charge in [0.15, 0.2) is 9.84 Å². The van der Waals surface area contributed by atoms with Crippen LogP contribution in [0, 0.1) is 6.92 Å². The fourth-order valence-corrected chi connectivity index (χ4v) is 4.88. The Hall–Kier alpha value is -1.60. The molecule has 25 heavy (non-hydrogen) atoms. The Bertz CT molecular complexity index is 716. The first-order chi connectivity index (χ1) is 11.7. The first-order valence-corrected chi connectivity index (χ1v) is 10.3. The second-order valence-corrected chi connectivity index (χ2v) is 9.17. The summed E-state index contributed by atoms with van der Waals surface area (Å²) >= 11 is 0. The maximum Gasteiger partial charge on any atom is 0.227 e. The molecule has 0 saturated carbocycles. The minimum atomic E-state index is -3.04. The molecule has 1 aromatic carbocycles. The van der Waals surface area contributed by atoms with E-state index in [4.69, 9.17) is 4.74 Å². The molecule has 1 aliphatic rings. The highest BCUT2D eigenvalue weighted by Gasteiger charge is 2.34. The van der Waals surface area contributed by atoms with E-state index in [0.29, 0.717) is 25.3 Å². The quantitative estimate of drug-likeness (QED) is 0.722. The molecule has 1 aliphatic heterocycles. The second-order valence-electron chi connectivity index (χ2n) is 6.94. The van der Waals surface area contributed by atoms with Crippen LogP contribution in [-0.2, 0) is 21.1 Å². The average molecular weight is 368 g/mol. The summed E-state index contributed by atoms with van der Waals surface area (Å²) in [6.07, 6.45) is 0.737. The Labute approximate surface area is 150 Å². The zero-order valence-electron chi connectivity index (χ0n) is 15.5. The summed E-state index contributed by atoms with van der Waals surface area (Å²) in [5, 5.41) is 0. The van der Waals surface area contributed by atoms with Crippen LogP contribution < -0.4 is 4.74 Å². The van der Waals surface area contributed by atoms with Crippen LogP contribution in [0.15, 0.2) is 18.2 Å². The van der Waals surface area contributed by atoms with Crippen molar-refractivity contribution in [1.29, 1.82) is 0 Å². The highest BCUT2D eigenvalue weighted by Crippen LogP contribution is 2.23. The number of hydrogen-bond donors (Lipinski definition) is 0. The van der Waals surface area contributed by atoms with E-state index in [-0.39, 0.29) is 29.9 Å². The summed E-state index contributed by atoms with van der Waals surface area (Å²) in [6, 6.07) is 5.53. The normalized spacial score (nSPS) is 19.2. The molecule has 1 heterocycles. The van der Waals surface area contributed by atoms with E-state index in [1.165, 1.54) is 0 Å². The molecular formula is C18H28N2O4S. The SMILES string of the molecule is COc1ccc(C)cc1CC(=O)N(CCN(C)C)[C@@H]1CCS(=O)(=O)C1. The van der Waals surface area contributed by atoms with Crippen molar-refractivity contribution in [2.45, 2.75) is 25.8 Å². The molecule has 0 aliphatic carbocycles. The van der Waals surface area contributed by atoms with Crippen LogP contribution in [0.5, 0.6) is 5.75 Å². The van der Waals surface area contributed by atoms with Crippen LogP contribution in [0.1, 0.15) is 17.5 Å². The Morgan fingerprint density at radius 3 is 2.56 bits per heavy atom. The topological polar surface area (TPSA) is 66.9 Å². The minimum absolute atomic E-state index is 0.0483. The fourth-order valence-electron chi connectivity index (χ4n) is 3.15. The number of hydrogen-bond acceptors (Lipinski definition) is 5. The van der Waals surface area contributed by atoms with E-state index in [9.17, 15) is 13.2 Å². The summed E-state index contributed by atoms with van der Waals surface area (Å²) in [4.78, 5) is 16.7. The largest absolute Gasteiger partial charge is 0.496 e. The highest BCUT2D eigenvalue weighted by molar-refractivity contribution is 7.91. The van der Waals surface area contributed by atoms with Crippen LogP contribution in [0.25, 0.3) is 0 Å². The molecule has 0 radical (unpaired) electrons. The third-order valence-corrected chi connectivity index (χ3v) is 6.29. The number of carbonyl (C=O) groups is 1. The van der Waals surface area contributed by atoms with Crippen LogP contribution in [0.3, 0.4) is 0 Å². The molecule has 1 fully saturated rings. The zero-order valence-corrected chi connectivity index (χ0v) is 16.3. The molecule has 140 valence electrons. The molecule has 0 N–H and O–H groups in total. The van der Waals surface area contributed by atoms with Gasteiger partial charge in [-0.2, -0.15) is 0 Å². The summed E-state index contributed by atoms with van der Waals surface area (Å²) in [5.41, 5.74) is 1.90. The van der Waals surface area contributed by atoms with Gasteiger partial charge in [-0.25, -0.2) is 8.42 Å². The van der Waals surface area contributed by atoms with Crippen molar-refractivity contribution in [2.75, 3.05) is 45.8 Å². The van der Waals surface area contributed by atoms with Crippen LogP contribution in [0.4, 0.5) is 0 Å². The van der Waals surface area contributed by atoms with Gasteiger partial charge in [-0.05, 0) is 33.5 Å². The lowest BCUT2D eigenvalue weighted by Gasteiger charge is -2.30. The molecule has 6 nitrogen and oxygen atoms in total. The van der Waals surface area contributed by atoms with Crippen LogP contribution >= 0.6 is 0 Å². The summed E-state index contributed by atoms with van der Waals surface area (Å²) in [7, 11) is 2.44. The van der Waals surface area contributed by atoms with Crippen molar-refractivity contribution >= 4 is 15.7 Å². The van der Waals surface area contributed by atoms with Crippen LogP contribution in [-0.4, -0.2) is 76.0 Å². The average Bonchev–Trinajstić information content (AvgIpc) is 2.87. The molecule has 0 unspecified atom stereocenters. The number of benzene rings is 1. The Balaban J connectivity index is 2.19. The molecule has 0 aromatic heterocycles. The molecule has 1 aromatic rings. The maximum atomic E-state index is 13.0. The number of rotatable bonds is 7. The highest BCUT2D eigenvalue weighted by atomic mass is 32.2. The van der Waals surface area contributed by atoms with Gasteiger partial charge < -0.3 is 14.5 Å². The predicted octanol–water partition coefficient (Wildman–Crippen LogP) is 1.12. The first kappa shape index (κ1) is 19.7. The van der Waals surface area contributed by atoms with Gasteiger partial charge in [0.25, 0.3) is 0 Å². The smallest absolute Gasteiger partial charge is 0.227 e. The molecule has 1 saturated heterocycles. The van der Waals surface area contributed by atoms with Crippen molar-refractivity contribution in [3.05, 3.63) is 29.3 Å². The number of amides is 1. The standard InChI is InChI=1S/C18H28N2O4S/c1-14-5-6-17(24-4)15(11-14)12-18(21)20(9-8-19(2)3)16-7-10-25(22,23)13-16/h5-6,11,16H,7-10,12-13H2,1-4H3/t16-/m1/s1. The van der Waals surface area contributed by atoms with Crippen molar-refractivity contribution in [3.8, 4) is 5.75 Å². The Morgan fingerprint density at radius 1 is 1.28 bits per heavy atom. The van der Waals surface area contributed by atoms with Gasteiger partial charge in [-0.3, -0.25) is 4.79 Å². The number of nitrogens with zero attached hydrogens (tertiary/aromatic N) is 2. The lowest BCUT2D eigenvalue weighted by molar-refractivity contribution is -0.132. The van der Waals surface area contributed by atoms with E-state index in [2.05, 4.69) is 0 Å². The van der Waals surface area contributed by atoms with E-state index in [1.807, 2.05) is 44.1 Å². The van der Waals surface area contributed by atoms with Crippen molar-refractivity contribution in [1.82, 2.24) is 9.80 Å². The van der Waals surface area contributed by atoms with E-state index in [1.54, 1.807) is 12.0 Å². The van der Waals surface area contributed by atoms with Gasteiger partial charge in [0.1, 0.15) is 5.75 Å². The monoisotopic (exact) mass is 368 g/mol. The van der Waals surface area contributed by atoms with Crippen LogP contribution in [0.2, 0.25) is 0 Å².